The third-order valence-corrected chi connectivity index (χ3v) is 3.13. The van der Waals surface area contributed by atoms with Crippen molar-refractivity contribution in [3.63, 3.8) is 0 Å². The number of rotatable bonds is 4. The van der Waals surface area contributed by atoms with Gasteiger partial charge in [-0.15, -0.1) is 0 Å². The van der Waals surface area contributed by atoms with E-state index in [1.807, 2.05) is 0 Å². The largest absolute Gasteiger partial charge is 0.460 e. The average Bonchev–Trinajstić information content (AvgIpc) is 2.36. The Morgan fingerprint density at radius 1 is 1.00 bits per heavy atom. The molecule has 0 fully saturated rings. The second-order valence-electron chi connectivity index (χ2n) is 4.46. The quantitative estimate of drug-likeness (QED) is 0.604. The molecule has 0 saturated heterocycles. The fourth-order valence-electron chi connectivity index (χ4n) is 1.79. The van der Waals surface area contributed by atoms with E-state index < -0.39 is 42.6 Å². The van der Waals surface area contributed by atoms with E-state index in [1.54, 1.807) is 0 Å². The molecular weight excluding hydrogens is 321 g/mol. The van der Waals surface area contributed by atoms with E-state index in [0.29, 0.717) is 6.92 Å². The van der Waals surface area contributed by atoms with Crippen LogP contribution in [0.2, 0.25) is 0 Å². The van der Waals surface area contributed by atoms with Crippen molar-refractivity contribution in [2.24, 2.45) is 5.41 Å². The van der Waals surface area contributed by atoms with Crippen LogP contribution in [-0.4, -0.2) is 18.3 Å². The Labute approximate surface area is 120 Å². The van der Waals surface area contributed by atoms with Gasteiger partial charge in [-0.1, -0.05) is 19.1 Å². The molecule has 0 heterocycles. The summed E-state index contributed by atoms with van der Waals surface area (Å²) in [6.07, 6.45) is -13.2. The minimum Gasteiger partial charge on any atom is -0.460 e. The van der Waals surface area contributed by atoms with Crippen LogP contribution in [-0.2, 0) is 16.1 Å². The SMILES string of the molecule is CCC(C(=O)OCc1ccc(F)cc1)(C(F)(F)F)C(F)(F)F. The maximum atomic E-state index is 12.8. The first-order valence-electron chi connectivity index (χ1n) is 6.01. The van der Waals surface area contributed by atoms with Gasteiger partial charge in [0.1, 0.15) is 12.4 Å². The number of esters is 1. The molecule has 22 heavy (non-hydrogen) atoms. The van der Waals surface area contributed by atoms with Crippen LogP contribution in [0, 0.1) is 11.2 Å². The average molecular weight is 332 g/mol. The van der Waals surface area contributed by atoms with Gasteiger partial charge in [0.25, 0.3) is 5.41 Å². The fraction of sp³-hybridized carbons (Fsp3) is 0.462. The van der Waals surface area contributed by atoms with Crippen molar-refractivity contribution in [1.82, 2.24) is 0 Å². The van der Waals surface area contributed by atoms with Crippen molar-refractivity contribution in [1.29, 1.82) is 0 Å². The number of hydrogen-bond acceptors (Lipinski definition) is 2. The number of ether oxygens (including phenoxy) is 1. The molecule has 0 unspecified atom stereocenters. The predicted octanol–water partition coefficient (Wildman–Crippen LogP) is 4.39. The molecular formula is C13H11F7O2. The zero-order valence-electron chi connectivity index (χ0n) is 11.2. The predicted molar refractivity (Wildman–Crippen MR) is 61.0 cm³/mol. The first kappa shape index (κ1) is 18.2. The Morgan fingerprint density at radius 2 is 1.45 bits per heavy atom. The first-order valence-corrected chi connectivity index (χ1v) is 6.01. The van der Waals surface area contributed by atoms with Gasteiger partial charge in [-0.25, -0.2) is 4.39 Å². The molecule has 0 amide bonds. The minimum absolute atomic E-state index is 0.0594. The zero-order chi connectivity index (χ0) is 17.2. The lowest BCUT2D eigenvalue weighted by Crippen LogP contribution is -2.55. The Hall–Kier alpha value is -1.80. The maximum Gasteiger partial charge on any atom is 0.413 e. The van der Waals surface area contributed by atoms with Gasteiger partial charge in [-0.05, 0) is 24.1 Å². The number of carbonyl (C=O) groups excluding carboxylic acids is 1. The van der Waals surface area contributed by atoms with E-state index >= 15 is 0 Å². The van der Waals surface area contributed by atoms with Crippen LogP contribution in [0.3, 0.4) is 0 Å². The molecule has 0 bridgehead atoms. The van der Waals surface area contributed by atoms with E-state index in [-0.39, 0.29) is 5.56 Å². The highest BCUT2D eigenvalue weighted by Gasteiger charge is 2.75. The topological polar surface area (TPSA) is 26.3 Å². The molecule has 1 aromatic rings. The second kappa shape index (κ2) is 6.13. The zero-order valence-corrected chi connectivity index (χ0v) is 11.2. The summed E-state index contributed by atoms with van der Waals surface area (Å²) in [7, 11) is 0. The summed E-state index contributed by atoms with van der Waals surface area (Å²) in [6, 6.07) is 4.03. The van der Waals surface area contributed by atoms with Gasteiger partial charge in [0.05, 0.1) is 0 Å². The lowest BCUT2D eigenvalue weighted by molar-refractivity contribution is -0.333. The lowest BCUT2D eigenvalue weighted by atomic mass is 9.83. The van der Waals surface area contributed by atoms with Gasteiger partial charge in [-0.3, -0.25) is 4.79 Å². The summed E-state index contributed by atoms with van der Waals surface area (Å²) < 4.78 is 93.8. The smallest absolute Gasteiger partial charge is 0.413 e. The van der Waals surface area contributed by atoms with Gasteiger partial charge in [0.15, 0.2) is 0 Å². The number of benzene rings is 1. The first-order chi connectivity index (χ1) is 9.95. The molecule has 0 aliphatic rings. The van der Waals surface area contributed by atoms with E-state index in [2.05, 4.69) is 4.74 Å². The van der Waals surface area contributed by atoms with Crippen LogP contribution >= 0.6 is 0 Å². The summed E-state index contributed by atoms with van der Waals surface area (Å²) in [5.74, 6) is -3.08. The van der Waals surface area contributed by atoms with Crippen LogP contribution in [0.15, 0.2) is 24.3 Å². The molecule has 1 rings (SSSR count). The molecule has 0 saturated carbocycles. The Bertz CT molecular complexity index is 503. The van der Waals surface area contributed by atoms with Crippen molar-refractivity contribution in [2.45, 2.75) is 32.3 Å². The Kier molecular flexibility index (Phi) is 5.09. The molecule has 0 N–H and O–H groups in total. The molecule has 2 nitrogen and oxygen atoms in total. The third-order valence-electron chi connectivity index (χ3n) is 3.13. The summed E-state index contributed by atoms with van der Waals surface area (Å²) in [4.78, 5) is 11.5. The third kappa shape index (κ3) is 3.33. The number of alkyl halides is 6. The monoisotopic (exact) mass is 332 g/mol. The summed E-state index contributed by atoms with van der Waals surface area (Å²) >= 11 is 0. The number of halogens is 7. The summed E-state index contributed by atoms with van der Waals surface area (Å²) in [6.45, 7) is -0.229. The van der Waals surface area contributed by atoms with E-state index in [9.17, 15) is 35.5 Å². The molecule has 0 spiro atoms. The Balaban J connectivity index is 3.01. The van der Waals surface area contributed by atoms with E-state index in [1.165, 1.54) is 0 Å². The van der Waals surface area contributed by atoms with Gasteiger partial charge in [0, 0.05) is 0 Å². The van der Waals surface area contributed by atoms with Crippen molar-refractivity contribution in [3.8, 4) is 0 Å². The maximum absolute atomic E-state index is 12.8. The van der Waals surface area contributed by atoms with Crippen LogP contribution in [0.4, 0.5) is 30.7 Å². The van der Waals surface area contributed by atoms with Gasteiger partial charge in [-0.2, -0.15) is 26.3 Å². The molecule has 9 heteroatoms. The number of carbonyl (C=O) groups is 1. The van der Waals surface area contributed by atoms with Gasteiger partial charge >= 0.3 is 18.3 Å². The Morgan fingerprint density at radius 3 is 1.82 bits per heavy atom. The normalized spacial score (nSPS) is 13.1. The van der Waals surface area contributed by atoms with Crippen LogP contribution in [0.25, 0.3) is 0 Å². The van der Waals surface area contributed by atoms with E-state index in [4.69, 9.17) is 0 Å². The van der Waals surface area contributed by atoms with Crippen molar-refractivity contribution in [2.75, 3.05) is 0 Å². The fourth-order valence-corrected chi connectivity index (χ4v) is 1.79. The summed E-state index contributed by atoms with van der Waals surface area (Å²) in [5, 5.41) is 0. The highest BCUT2D eigenvalue weighted by molar-refractivity contribution is 5.79. The van der Waals surface area contributed by atoms with Crippen LogP contribution in [0.1, 0.15) is 18.9 Å². The van der Waals surface area contributed by atoms with Gasteiger partial charge < -0.3 is 4.74 Å². The van der Waals surface area contributed by atoms with Crippen LogP contribution in [0.5, 0.6) is 0 Å². The molecule has 0 aliphatic carbocycles. The van der Waals surface area contributed by atoms with Crippen molar-refractivity contribution < 1.29 is 40.3 Å². The molecule has 1 aromatic carbocycles. The summed E-state index contributed by atoms with van der Waals surface area (Å²) in [5.41, 5.74) is -4.52. The highest BCUT2D eigenvalue weighted by Crippen LogP contribution is 2.53. The van der Waals surface area contributed by atoms with Crippen molar-refractivity contribution in [3.05, 3.63) is 35.6 Å². The molecule has 124 valence electrons. The lowest BCUT2D eigenvalue weighted by Gasteiger charge is -2.34. The minimum atomic E-state index is -5.85. The molecule has 0 atom stereocenters. The molecule has 0 aromatic heterocycles. The van der Waals surface area contributed by atoms with E-state index in [0.717, 1.165) is 24.3 Å². The second-order valence-corrected chi connectivity index (χ2v) is 4.46. The number of hydrogen-bond donors (Lipinski definition) is 0. The molecule has 0 aliphatic heterocycles. The highest BCUT2D eigenvalue weighted by atomic mass is 19.4. The van der Waals surface area contributed by atoms with Crippen molar-refractivity contribution >= 4 is 5.97 Å². The van der Waals surface area contributed by atoms with Gasteiger partial charge in [0.2, 0.25) is 0 Å². The molecule has 0 radical (unpaired) electrons. The van der Waals surface area contributed by atoms with Crippen LogP contribution < -0.4 is 0 Å². The standard InChI is InChI=1S/C13H11F7O2/c1-2-11(12(15,16)17,13(18,19)20)10(21)22-7-8-3-5-9(14)6-4-8/h3-6H,2,7H2,1H3.